The molecule has 19 heavy (non-hydrogen) atoms. The predicted octanol–water partition coefficient (Wildman–Crippen LogP) is 1.97. The minimum Gasteiger partial charge on any atom is -0.508 e. The van der Waals surface area contributed by atoms with E-state index in [4.69, 9.17) is 5.11 Å². The van der Waals surface area contributed by atoms with Crippen LogP contribution in [-0.2, 0) is 10.0 Å². The monoisotopic (exact) mass is 281 g/mol. The molecule has 0 aliphatic heterocycles. The number of phenols is 1. The quantitative estimate of drug-likeness (QED) is 0.897. The molecule has 0 radical (unpaired) electrons. The zero-order valence-corrected chi connectivity index (χ0v) is 11.4. The number of rotatable bonds is 4. The van der Waals surface area contributed by atoms with E-state index in [-0.39, 0.29) is 16.7 Å². The number of phenolic OH excluding ortho intramolecular Hbond substituents is 1. The SMILES string of the molecule is CC(C)n1cc(NS(=O)(=O)c2ccc(O)cc2)cn1. The number of hydrogen-bond donors (Lipinski definition) is 2. The summed E-state index contributed by atoms with van der Waals surface area (Å²) in [5.41, 5.74) is 0.404. The first-order chi connectivity index (χ1) is 8.88. The summed E-state index contributed by atoms with van der Waals surface area (Å²) in [6.45, 7) is 3.90. The fourth-order valence-corrected chi connectivity index (χ4v) is 2.54. The van der Waals surface area contributed by atoms with Crippen LogP contribution in [0.5, 0.6) is 5.75 Å². The summed E-state index contributed by atoms with van der Waals surface area (Å²) in [6.07, 6.45) is 3.08. The van der Waals surface area contributed by atoms with Gasteiger partial charge in [-0.25, -0.2) is 8.42 Å². The molecule has 102 valence electrons. The van der Waals surface area contributed by atoms with E-state index in [0.29, 0.717) is 5.69 Å². The summed E-state index contributed by atoms with van der Waals surface area (Å²) in [6, 6.07) is 5.49. The lowest BCUT2D eigenvalue weighted by atomic mass is 10.3. The highest BCUT2D eigenvalue weighted by Gasteiger charge is 2.15. The summed E-state index contributed by atoms with van der Waals surface area (Å²) in [4.78, 5) is 0.0857. The third-order valence-electron chi connectivity index (χ3n) is 2.53. The Kier molecular flexibility index (Phi) is 3.48. The highest BCUT2D eigenvalue weighted by atomic mass is 32.2. The largest absolute Gasteiger partial charge is 0.508 e. The number of sulfonamides is 1. The number of anilines is 1. The van der Waals surface area contributed by atoms with E-state index < -0.39 is 10.0 Å². The normalized spacial score (nSPS) is 11.7. The highest BCUT2D eigenvalue weighted by molar-refractivity contribution is 7.92. The maximum absolute atomic E-state index is 12.1. The first kappa shape index (κ1) is 13.4. The van der Waals surface area contributed by atoms with Crippen LogP contribution in [0.1, 0.15) is 19.9 Å². The highest BCUT2D eigenvalue weighted by Crippen LogP contribution is 2.18. The molecular weight excluding hydrogens is 266 g/mol. The molecule has 6 nitrogen and oxygen atoms in total. The second-order valence-electron chi connectivity index (χ2n) is 4.40. The number of aromatic nitrogens is 2. The van der Waals surface area contributed by atoms with E-state index in [0.717, 1.165) is 0 Å². The van der Waals surface area contributed by atoms with Gasteiger partial charge < -0.3 is 5.11 Å². The topological polar surface area (TPSA) is 84.2 Å². The van der Waals surface area contributed by atoms with Crippen molar-refractivity contribution in [2.45, 2.75) is 24.8 Å². The van der Waals surface area contributed by atoms with Crippen molar-refractivity contribution < 1.29 is 13.5 Å². The van der Waals surface area contributed by atoms with Gasteiger partial charge in [0.2, 0.25) is 0 Å². The standard InChI is InChI=1S/C12H15N3O3S/c1-9(2)15-8-10(7-13-15)14-19(17,18)12-5-3-11(16)4-6-12/h3-9,14,16H,1-2H3. The fraction of sp³-hybridized carbons (Fsp3) is 0.250. The van der Waals surface area contributed by atoms with Crippen LogP contribution in [0.4, 0.5) is 5.69 Å². The van der Waals surface area contributed by atoms with Crippen LogP contribution < -0.4 is 4.72 Å². The molecule has 0 fully saturated rings. The van der Waals surface area contributed by atoms with Crippen molar-refractivity contribution >= 4 is 15.7 Å². The molecule has 0 spiro atoms. The Morgan fingerprint density at radius 2 is 1.89 bits per heavy atom. The van der Waals surface area contributed by atoms with Crippen molar-refractivity contribution in [3.63, 3.8) is 0 Å². The number of benzene rings is 1. The molecule has 7 heteroatoms. The summed E-state index contributed by atoms with van der Waals surface area (Å²) < 4.78 is 28.2. The Hall–Kier alpha value is -2.02. The van der Waals surface area contributed by atoms with E-state index in [1.807, 2.05) is 13.8 Å². The van der Waals surface area contributed by atoms with Crippen LogP contribution in [0.25, 0.3) is 0 Å². The molecule has 2 N–H and O–H groups in total. The first-order valence-corrected chi connectivity index (χ1v) is 7.23. The lowest BCUT2D eigenvalue weighted by Crippen LogP contribution is -2.12. The third-order valence-corrected chi connectivity index (χ3v) is 3.93. The summed E-state index contributed by atoms with van der Waals surface area (Å²) >= 11 is 0. The second kappa shape index (κ2) is 4.93. The van der Waals surface area contributed by atoms with Crippen LogP contribution in [0.2, 0.25) is 0 Å². The van der Waals surface area contributed by atoms with Crippen LogP contribution >= 0.6 is 0 Å². The molecule has 0 unspecified atom stereocenters. The van der Waals surface area contributed by atoms with Gasteiger partial charge in [0, 0.05) is 12.2 Å². The van der Waals surface area contributed by atoms with E-state index >= 15 is 0 Å². The maximum Gasteiger partial charge on any atom is 0.261 e. The van der Waals surface area contributed by atoms with Crippen LogP contribution in [0.15, 0.2) is 41.6 Å². The average Bonchev–Trinajstić information content (AvgIpc) is 2.77. The van der Waals surface area contributed by atoms with E-state index in [9.17, 15) is 8.42 Å². The molecule has 1 aromatic carbocycles. The van der Waals surface area contributed by atoms with Crippen molar-refractivity contribution in [1.82, 2.24) is 9.78 Å². The predicted molar refractivity (Wildman–Crippen MR) is 71.5 cm³/mol. The number of aromatic hydroxyl groups is 1. The Bertz CT molecular complexity index is 660. The Morgan fingerprint density at radius 3 is 2.42 bits per heavy atom. The number of nitrogens with zero attached hydrogens (tertiary/aromatic N) is 2. The molecule has 0 aliphatic carbocycles. The minimum absolute atomic E-state index is 0.0200. The summed E-state index contributed by atoms with van der Waals surface area (Å²) in [5, 5.41) is 13.2. The van der Waals surface area contributed by atoms with Gasteiger partial charge in [-0.3, -0.25) is 9.40 Å². The summed E-state index contributed by atoms with van der Waals surface area (Å²) in [5.74, 6) is 0.0200. The van der Waals surface area contributed by atoms with Crippen LogP contribution in [-0.4, -0.2) is 23.3 Å². The maximum atomic E-state index is 12.1. The molecule has 0 saturated carbocycles. The van der Waals surface area contributed by atoms with Crippen LogP contribution in [0.3, 0.4) is 0 Å². The Balaban J connectivity index is 2.23. The van der Waals surface area contributed by atoms with Crippen molar-refractivity contribution in [3.8, 4) is 5.75 Å². The van der Waals surface area contributed by atoms with Crippen molar-refractivity contribution in [2.24, 2.45) is 0 Å². The molecular formula is C12H15N3O3S. The molecule has 0 bridgehead atoms. The van der Waals surface area contributed by atoms with Gasteiger partial charge in [0.1, 0.15) is 5.75 Å². The van der Waals surface area contributed by atoms with Gasteiger partial charge in [0.25, 0.3) is 10.0 Å². The van der Waals surface area contributed by atoms with Gasteiger partial charge in [-0.1, -0.05) is 0 Å². The first-order valence-electron chi connectivity index (χ1n) is 5.74. The van der Waals surface area contributed by atoms with Gasteiger partial charge in [-0.05, 0) is 38.1 Å². The van der Waals surface area contributed by atoms with Crippen LogP contribution in [0, 0.1) is 0 Å². The zero-order chi connectivity index (χ0) is 14.0. The fourth-order valence-electron chi connectivity index (χ4n) is 1.51. The van der Waals surface area contributed by atoms with E-state index in [1.165, 1.54) is 30.5 Å². The molecule has 1 heterocycles. The van der Waals surface area contributed by atoms with Crippen molar-refractivity contribution in [3.05, 3.63) is 36.7 Å². The average molecular weight is 281 g/mol. The smallest absolute Gasteiger partial charge is 0.261 e. The van der Waals surface area contributed by atoms with E-state index in [1.54, 1.807) is 10.9 Å². The zero-order valence-electron chi connectivity index (χ0n) is 10.6. The Labute approximate surface area is 111 Å². The number of nitrogens with one attached hydrogen (secondary N) is 1. The Morgan fingerprint density at radius 1 is 1.26 bits per heavy atom. The molecule has 1 aromatic heterocycles. The lowest BCUT2D eigenvalue weighted by Gasteiger charge is -2.06. The molecule has 0 amide bonds. The van der Waals surface area contributed by atoms with Crippen molar-refractivity contribution in [2.75, 3.05) is 4.72 Å². The van der Waals surface area contributed by atoms with Gasteiger partial charge in [0.15, 0.2) is 0 Å². The minimum atomic E-state index is -3.66. The molecule has 0 aliphatic rings. The number of hydrogen-bond acceptors (Lipinski definition) is 4. The molecule has 2 aromatic rings. The van der Waals surface area contributed by atoms with Gasteiger partial charge in [-0.15, -0.1) is 0 Å². The van der Waals surface area contributed by atoms with Gasteiger partial charge in [-0.2, -0.15) is 5.10 Å². The lowest BCUT2D eigenvalue weighted by molar-refractivity contribution is 0.475. The van der Waals surface area contributed by atoms with Crippen molar-refractivity contribution in [1.29, 1.82) is 0 Å². The molecule has 0 saturated heterocycles. The van der Waals surface area contributed by atoms with Gasteiger partial charge in [0.05, 0.1) is 16.8 Å². The molecule has 0 atom stereocenters. The third kappa shape index (κ3) is 3.05. The molecule has 2 rings (SSSR count). The second-order valence-corrected chi connectivity index (χ2v) is 6.08. The summed E-state index contributed by atoms with van der Waals surface area (Å²) in [7, 11) is -3.66. The van der Waals surface area contributed by atoms with E-state index in [2.05, 4.69) is 9.82 Å². The van der Waals surface area contributed by atoms with Gasteiger partial charge >= 0.3 is 0 Å².